The van der Waals surface area contributed by atoms with Crippen LogP contribution in [-0.4, -0.2) is 23.9 Å². The van der Waals surface area contributed by atoms with Crippen molar-refractivity contribution in [2.45, 2.75) is 52.0 Å². The fraction of sp³-hybridized carbons (Fsp3) is 0.529. The number of anilines is 1. The van der Waals surface area contributed by atoms with Gasteiger partial charge in [0.05, 0.1) is 0 Å². The molecule has 0 aliphatic carbocycles. The third kappa shape index (κ3) is 3.09. The van der Waals surface area contributed by atoms with E-state index in [1.165, 1.54) is 5.56 Å². The number of carbonyl (C=O) groups excluding carboxylic acids is 2. The van der Waals surface area contributed by atoms with Crippen molar-refractivity contribution in [3.63, 3.8) is 0 Å². The summed E-state index contributed by atoms with van der Waals surface area (Å²) in [4.78, 5) is 26.4. The van der Waals surface area contributed by atoms with Gasteiger partial charge in [0, 0.05) is 18.7 Å². The molecular weight excluding hydrogens is 264 g/mol. The molecule has 114 valence electrons. The Morgan fingerprint density at radius 2 is 2.05 bits per heavy atom. The van der Waals surface area contributed by atoms with Crippen LogP contribution in [0.1, 0.15) is 52.0 Å². The number of hydrogen-bond donors (Lipinski definition) is 1. The van der Waals surface area contributed by atoms with Crippen molar-refractivity contribution >= 4 is 17.5 Å². The van der Waals surface area contributed by atoms with Crippen molar-refractivity contribution in [2.24, 2.45) is 0 Å². The third-order valence-electron chi connectivity index (χ3n) is 4.25. The zero-order valence-corrected chi connectivity index (χ0v) is 13.3. The molecule has 0 radical (unpaired) electrons. The Kier molecular flexibility index (Phi) is 4.35. The quantitative estimate of drug-likeness (QED) is 0.929. The first-order chi connectivity index (χ1) is 9.87. The van der Waals surface area contributed by atoms with Crippen LogP contribution in [-0.2, 0) is 9.59 Å². The molecule has 1 heterocycles. The van der Waals surface area contributed by atoms with Gasteiger partial charge in [-0.25, -0.2) is 0 Å². The first-order valence-electron chi connectivity index (χ1n) is 7.60. The van der Waals surface area contributed by atoms with E-state index >= 15 is 0 Å². The average Bonchev–Trinajstić information content (AvgIpc) is 2.57. The topological polar surface area (TPSA) is 49.4 Å². The number of benzene rings is 1. The van der Waals surface area contributed by atoms with Gasteiger partial charge in [-0.3, -0.25) is 9.59 Å². The van der Waals surface area contributed by atoms with Crippen molar-refractivity contribution in [1.82, 2.24) is 5.32 Å². The molecule has 1 unspecified atom stereocenters. The van der Waals surface area contributed by atoms with Crippen molar-refractivity contribution in [3.8, 4) is 0 Å². The Hall–Kier alpha value is -1.84. The molecule has 2 amide bonds. The highest BCUT2D eigenvalue weighted by atomic mass is 16.2. The lowest BCUT2D eigenvalue weighted by atomic mass is 9.96. The highest BCUT2D eigenvalue weighted by Crippen LogP contribution is 2.26. The largest absolute Gasteiger partial charge is 0.342 e. The smallest absolute Gasteiger partial charge is 0.252 e. The molecule has 4 heteroatoms. The summed E-state index contributed by atoms with van der Waals surface area (Å²) < 4.78 is 0. The van der Waals surface area contributed by atoms with Crippen molar-refractivity contribution < 1.29 is 9.59 Å². The molecule has 0 spiro atoms. The maximum absolute atomic E-state index is 12.8. The van der Waals surface area contributed by atoms with Gasteiger partial charge in [-0.05, 0) is 37.0 Å². The summed E-state index contributed by atoms with van der Waals surface area (Å²) in [6, 6.07) is 8.03. The van der Waals surface area contributed by atoms with E-state index in [1.807, 2.05) is 19.1 Å². The molecule has 1 aromatic rings. The minimum absolute atomic E-state index is 0.0308. The van der Waals surface area contributed by atoms with Crippen LogP contribution in [0.5, 0.6) is 0 Å². The molecular formula is C17H24N2O2. The standard InChI is InChI=1S/C17H24N2O2/c1-5-17(4)16(21)19(10-9-15(20)18-17)14-8-6-7-13(11-14)12(2)3/h6-8,11-12H,5,9-10H2,1-4H3,(H,18,20). The first-order valence-corrected chi connectivity index (χ1v) is 7.60. The number of amides is 2. The third-order valence-corrected chi connectivity index (χ3v) is 4.25. The van der Waals surface area contributed by atoms with Crippen molar-refractivity contribution in [1.29, 1.82) is 0 Å². The van der Waals surface area contributed by atoms with E-state index in [4.69, 9.17) is 0 Å². The second-order valence-corrected chi connectivity index (χ2v) is 6.19. The molecule has 0 saturated carbocycles. The molecule has 1 aliphatic heterocycles. The molecule has 21 heavy (non-hydrogen) atoms. The van der Waals surface area contributed by atoms with E-state index in [0.717, 1.165) is 5.69 Å². The number of hydrogen-bond acceptors (Lipinski definition) is 2. The summed E-state index contributed by atoms with van der Waals surface area (Å²) in [5.41, 5.74) is 1.26. The van der Waals surface area contributed by atoms with E-state index in [2.05, 4.69) is 31.3 Å². The van der Waals surface area contributed by atoms with Gasteiger partial charge in [-0.1, -0.05) is 32.9 Å². The zero-order chi connectivity index (χ0) is 15.6. The Morgan fingerprint density at radius 1 is 1.33 bits per heavy atom. The minimum atomic E-state index is -0.818. The molecule has 4 nitrogen and oxygen atoms in total. The van der Waals surface area contributed by atoms with Crippen LogP contribution < -0.4 is 10.2 Å². The molecule has 1 aliphatic rings. The number of nitrogens with one attached hydrogen (secondary N) is 1. The lowest BCUT2D eigenvalue weighted by Crippen LogP contribution is -2.54. The van der Waals surface area contributed by atoms with Gasteiger partial charge < -0.3 is 10.2 Å². The summed E-state index contributed by atoms with van der Waals surface area (Å²) >= 11 is 0. The average molecular weight is 288 g/mol. The lowest BCUT2D eigenvalue weighted by Gasteiger charge is -2.31. The van der Waals surface area contributed by atoms with E-state index in [1.54, 1.807) is 11.8 Å². The number of carbonyl (C=O) groups is 2. The summed E-state index contributed by atoms with van der Waals surface area (Å²) in [7, 11) is 0. The first kappa shape index (κ1) is 15.5. The second kappa shape index (κ2) is 5.88. The van der Waals surface area contributed by atoms with Crippen molar-refractivity contribution in [3.05, 3.63) is 29.8 Å². The van der Waals surface area contributed by atoms with Gasteiger partial charge >= 0.3 is 0 Å². The van der Waals surface area contributed by atoms with Crippen LogP contribution in [0.15, 0.2) is 24.3 Å². The Morgan fingerprint density at radius 3 is 2.67 bits per heavy atom. The van der Waals surface area contributed by atoms with Gasteiger partial charge in [0.1, 0.15) is 5.54 Å². The predicted molar refractivity (Wildman–Crippen MR) is 84.3 cm³/mol. The maximum Gasteiger partial charge on any atom is 0.252 e. The molecule has 1 saturated heterocycles. The van der Waals surface area contributed by atoms with Gasteiger partial charge in [0.15, 0.2) is 0 Å². The molecule has 1 atom stereocenters. The molecule has 1 N–H and O–H groups in total. The van der Waals surface area contributed by atoms with Crippen LogP contribution in [0.4, 0.5) is 5.69 Å². The fourth-order valence-corrected chi connectivity index (χ4v) is 2.57. The van der Waals surface area contributed by atoms with Gasteiger partial charge in [-0.15, -0.1) is 0 Å². The second-order valence-electron chi connectivity index (χ2n) is 6.19. The van der Waals surface area contributed by atoms with E-state index in [-0.39, 0.29) is 11.8 Å². The Balaban J connectivity index is 2.39. The van der Waals surface area contributed by atoms with Gasteiger partial charge in [0.2, 0.25) is 5.91 Å². The van der Waals surface area contributed by atoms with Crippen LogP contribution >= 0.6 is 0 Å². The molecule has 1 fully saturated rings. The molecule has 0 aromatic heterocycles. The van der Waals surface area contributed by atoms with Gasteiger partial charge in [-0.2, -0.15) is 0 Å². The van der Waals surface area contributed by atoms with E-state index < -0.39 is 5.54 Å². The number of nitrogens with zero attached hydrogens (tertiary/aromatic N) is 1. The van der Waals surface area contributed by atoms with Crippen LogP contribution in [0.25, 0.3) is 0 Å². The van der Waals surface area contributed by atoms with Crippen LogP contribution in [0.2, 0.25) is 0 Å². The van der Waals surface area contributed by atoms with E-state index in [0.29, 0.717) is 25.3 Å². The highest BCUT2D eigenvalue weighted by molar-refractivity contribution is 6.04. The normalized spacial score (nSPS) is 23.2. The van der Waals surface area contributed by atoms with Crippen LogP contribution in [0.3, 0.4) is 0 Å². The minimum Gasteiger partial charge on any atom is -0.342 e. The summed E-state index contributed by atoms with van der Waals surface area (Å²) in [6.07, 6.45) is 0.922. The Bertz CT molecular complexity index is 553. The van der Waals surface area contributed by atoms with Gasteiger partial charge in [0.25, 0.3) is 5.91 Å². The highest BCUT2D eigenvalue weighted by Gasteiger charge is 2.39. The zero-order valence-electron chi connectivity index (χ0n) is 13.3. The van der Waals surface area contributed by atoms with Crippen molar-refractivity contribution in [2.75, 3.05) is 11.4 Å². The van der Waals surface area contributed by atoms with Crippen LogP contribution in [0, 0.1) is 0 Å². The monoisotopic (exact) mass is 288 g/mol. The molecule has 0 bridgehead atoms. The predicted octanol–water partition coefficient (Wildman–Crippen LogP) is 2.83. The molecule has 1 aromatic carbocycles. The fourth-order valence-electron chi connectivity index (χ4n) is 2.57. The van der Waals surface area contributed by atoms with E-state index in [9.17, 15) is 9.59 Å². The lowest BCUT2D eigenvalue weighted by molar-refractivity contribution is -0.129. The summed E-state index contributed by atoms with van der Waals surface area (Å²) in [6.45, 7) is 8.42. The SMILES string of the molecule is CCC1(C)NC(=O)CCN(c2cccc(C(C)C)c2)C1=O. The Labute approximate surface area is 126 Å². The maximum atomic E-state index is 12.8. The number of rotatable bonds is 3. The summed E-state index contributed by atoms with van der Waals surface area (Å²) in [5, 5.41) is 2.86. The summed E-state index contributed by atoms with van der Waals surface area (Å²) in [5.74, 6) is 0.316. The molecule has 2 rings (SSSR count).